The highest BCUT2D eigenvalue weighted by Gasteiger charge is 2.25. The summed E-state index contributed by atoms with van der Waals surface area (Å²) in [5, 5.41) is 4.65. The topological polar surface area (TPSA) is 92.8 Å². The van der Waals surface area contributed by atoms with Crippen LogP contribution in [0, 0.1) is 0 Å². The van der Waals surface area contributed by atoms with E-state index >= 15 is 0 Å². The molecule has 0 atom stereocenters. The number of thiophene rings is 2. The zero-order valence-corrected chi connectivity index (χ0v) is 17.1. The van der Waals surface area contributed by atoms with Crippen molar-refractivity contribution in [1.82, 2.24) is 4.31 Å². The Morgan fingerprint density at radius 1 is 1.31 bits per heavy atom. The molecule has 0 bridgehead atoms. The molecule has 0 aliphatic heterocycles. The predicted octanol–water partition coefficient (Wildman–Crippen LogP) is 2.81. The van der Waals surface area contributed by atoms with Gasteiger partial charge in [-0.05, 0) is 30.9 Å². The zero-order chi connectivity index (χ0) is 19.3. The largest absolute Gasteiger partial charge is 0.462 e. The maximum Gasteiger partial charge on any atom is 0.341 e. The van der Waals surface area contributed by atoms with Crippen LogP contribution < -0.4 is 5.32 Å². The van der Waals surface area contributed by atoms with E-state index in [2.05, 4.69) is 5.32 Å². The summed E-state index contributed by atoms with van der Waals surface area (Å²) in [5.74, 6) is -1.04. The van der Waals surface area contributed by atoms with Gasteiger partial charge in [-0.3, -0.25) is 4.79 Å². The van der Waals surface area contributed by atoms with E-state index in [1.165, 1.54) is 24.5 Å². The van der Waals surface area contributed by atoms with E-state index in [1.54, 1.807) is 24.4 Å². The Morgan fingerprint density at radius 3 is 2.62 bits per heavy atom. The fraction of sp³-hybridized carbons (Fsp3) is 0.375. The lowest BCUT2D eigenvalue weighted by Crippen LogP contribution is -2.34. The molecule has 2 heterocycles. The average molecular weight is 417 g/mol. The minimum Gasteiger partial charge on any atom is -0.462 e. The van der Waals surface area contributed by atoms with Gasteiger partial charge in [-0.2, -0.15) is 4.31 Å². The number of ether oxygens (including phenoxy) is 1. The van der Waals surface area contributed by atoms with Crippen molar-refractivity contribution < 1.29 is 22.7 Å². The molecule has 2 aromatic rings. The fourth-order valence-electron chi connectivity index (χ4n) is 2.09. The lowest BCUT2D eigenvalue weighted by Gasteiger charge is -2.15. The number of carbonyl (C=O) groups is 2. The second kappa shape index (κ2) is 8.76. The van der Waals surface area contributed by atoms with Crippen LogP contribution in [0.2, 0.25) is 0 Å². The molecule has 26 heavy (non-hydrogen) atoms. The summed E-state index contributed by atoms with van der Waals surface area (Å²) in [6.07, 6.45) is 0.708. The molecule has 10 heteroatoms. The first-order valence-electron chi connectivity index (χ1n) is 7.89. The van der Waals surface area contributed by atoms with Gasteiger partial charge >= 0.3 is 5.97 Å². The second-order valence-electron chi connectivity index (χ2n) is 5.27. The molecule has 142 valence electrons. The van der Waals surface area contributed by atoms with E-state index < -0.39 is 21.9 Å². The molecule has 0 saturated heterocycles. The van der Waals surface area contributed by atoms with Crippen LogP contribution in [0.3, 0.4) is 0 Å². The molecule has 1 N–H and O–H groups in total. The van der Waals surface area contributed by atoms with Crippen molar-refractivity contribution in [2.45, 2.75) is 24.5 Å². The number of amides is 1. The molecule has 0 radical (unpaired) electrons. The van der Waals surface area contributed by atoms with Crippen molar-refractivity contribution >= 4 is 49.6 Å². The monoisotopic (exact) mass is 416 g/mol. The SMILES string of the molecule is CCOC(=O)c1cc(CC)sc1NC(=O)CN(C)S(=O)(=O)c1cccs1. The van der Waals surface area contributed by atoms with Crippen LogP contribution >= 0.6 is 22.7 Å². The summed E-state index contributed by atoms with van der Waals surface area (Å²) in [5.41, 5.74) is 0.283. The molecule has 0 fully saturated rings. The van der Waals surface area contributed by atoms with Crippen molar-refractivity contribution in [3.8, 4) is 0 Å². The van der Waals surface area contributed by atoms with Crippen molar-refractivity contribution in [1.29, 1.82) is 0 Å². The molecule has 0 aliphatic rings. The molecular formula is C16H20N2O5S3. The number of hydrogen-bond donors (Lipinski definition) is 1. The highest BCUT2D eigenvalue weighted by atomic mass is 32.2. The quantitative estimate of drug-likeness (QED) is 0.668. The van der Waals surface area contributed by atoms with Gasteiger partial charge in [0.1, 0.15) is 9.21 Å². The van der Waals surface area contributed by atoms with Gasteiger partial charge in [-0.15, -0.1) is 22.7 Å². The molecule has 0 unspecified atom stereocenters. The number of rotatable bonds is 8. The number of likely N-dealkylation sites (N-methyl/N-ethyl adjacent to an activating group) is 1. The standard InChI is InChI=1S/C16H20N2O5S3/c1-4-11-9-12(16(20)23-5-2)15(25-11)17-13(19)10-18(3)26(21,22)14-7-6-8-24-14/h6-9H,4-5,10H2,1-3H3,(H,17,19). The average Bonchev–Trinajstić information content (AvgIpc) is 3.24. The van der Waals surface area contributed by atoms with Crippen LogP contribution in [0.1, 0.15) is 29.1 Å². The molecule has 2 aromatic heterocycles. The first kappa shape index (κ1) is 20.6. The molecule has 2 rings (SSSR count). The number of hydrogen-bond acceptors (Lipinski definition) is 7. The van der Waals surface area contributed by atoms with Gasteiger partial charge in [0.25, 0.3) is 10.0 Å². The zero-order valence-electron chi connectivity index (χ0n) is 14.6. The van der Waals surface area contributed by atoms with Gasteiger partial charge in [0.15, 0.2) is 0 Å². The van der Waals surface area contributed by atoms with Gasteiger partial charge in [-0.1, -0.05) is 13.0 Å². The summed E-state index contributed by atoms with van der Waals surface area (Å²) in [6.45, 7) is 3.51. The van der Waals surface area contributed by atoms with Gasteiger partial charge in [0.05, 0.1) is 18.7 Å². The first-order chi connectivity index (χ1) is 12.3. The fourth-order valence-corrected chi connectivity index (χ4v) is 5.42. The minimum absolute atomic E-state index is 0.171. The summed E-state index contributed by atoms with van der Waals surface area (Å²) in [7, 11) is -2.37. The van der Waals surface area contributed by atoms with Crippen molar-refractivity contribution in [3.63, 3.8) is 0 Å². The Labute approximate surface area is 160 Å². The first-order valence-corrected chi connectivity index (χ1v) is 11.0. The van der Waals surface area contributed by atoms with Crippen LogP contribution in [0.15, 0.2) is 27.8 Å². The second-order valence-corrected chi connectivity index (χ2v) is 9.63. The normalized spacial score (nSPS) is 11.5. The number of esters is 1. The molecule has 7 nitrogen and oxygen atoms in total. The van der Waals surface area contributed by atoms with Crippen LogP contribution in [0.5, 0.6) is 0 Å². The highest BCUT2D eigenvalue weighted by molar-refractivity contribution is 7.91. The Hall–Kier alpha value is -1.75. The van der Waals surface area contributed by atoms with Gasteiger partial charge < -0.3 is 10.1 Å². The van der Waals surface area contributed by atoms with Gasteiger partial charge in [0, 0.05) is 11.9 Å². The number of carbonyl (C=O) groups excluding carboxylic acids is 2. The van der Waals surface area contributed by atoms with Crippen LogP contribution in [0.25, 0.3) is 0 Å². The molecule has 0 aliphatic carbocycles. The lowest BCUT2D eigenvalue weighted by molar-refractivity contribution is -0.116. The summed E-state index contributed by atoms with van der Waals surface area (Å²) in [4.78, 5) is 25.3. The van der Waals surface area contributed by atoms with E-state index in [9.17, 15) is 18.0 Å². The van der Waals surface area contributed by atoms with Crippen molar-refractivity contribution in [2.75, 3.05) is 25.5 Å². The lowest BCUT2D eigenvalue weighted by atomic mass is 10.2. The maximum absolute atomic E-state index is 12.4. The molecule has 0 aromatic carbocycles. The molecule has 0 saturated carbocycles. The third-order valence-corrected chi connectivity index (χ3v) is 7.78. The van der Waals surface area contributed by atoms with Crippen LogP contribution in [-0.4, -0.2) is 44.8 Å². The van der Waals surface area contributed by atoms with Crippen molar-refractivity contribution in [3.05, 3.63) is 34.0 Å². The number of sulfonamides is 1. The number of anilines is 1. The Bertz CT molecular complexity index is 872. The summed E-state index contributed by atoms with van der Waals surface area (Å²) in [6, 6.07) is 4.81. The van der Waals surface area contributed by atoms with Gasteiger partial charge in [-0.25, -0.2) is 13.2 Å². The number of nitrogens with one attached hydrogen (secondary N) is 1. The number of nitrogens with zero attached hydrogens (tertiary/aromatic N) is 1. The van der Waals surface area contributed by atoms with E-state index in [4.69, 9.17) is 4.74 Å². The number of aryl methyl sites for hydroxylation is 1. The highest BCUT2D eigenvalue weighted by Crippen LogP contribution is 2.29. The van der Waals surface area contributed by atoms with Crippen molar-refractivity contribution in [2.24, 2.45) is 0 Å². The summed E-state index contributed by atoms with van der Waals surface area (Å²) >= 11 is 2.36. The van der Waals surface area contributed by atoms with E-state index in [-0.39, 0.29) is 22.9 Å². The Balaban J connectivity index is 2.12. The van der Waals surface area contributed by atoms with Crippen LogP contribution in [-0.2, 0) is 26.0 Å². The minimum atomic E-state index is -3.71. The van der Waals surface area contributed by atoms with Gasteiger partial charge in [0.2, 0.25) is 5.91 Å². The molecule has 0 spiro atoms. The van der Waals surface area contributed by atoms with E-state index in [1.807, 2.05) is 6.92 Å². The molecule has 1 amide bonds. The molecular weight excluding hydrogens is 396 g/mol. The Morgan fingerprint density at radius 2 is 2.04 bits per heavy atom. The van der Waals surface area contributed by atoms with E-state index in [0.29, 0.717) is 11.4 Å². The maximum atomic E-state index is 12.4. The predicted molar refractivity (Wildman–Crippen MR) is 102 cm³/mol. The third kappa shape index (κ3) is 4.70. The Kier molecular flexibility index (Phi) is 6.93. The third-order valence-electron chi connectivity index (χ3n) is 3.41. The smallest absolute Gasteiger partial charge is 0.341 e. The van der Waals surface area contributed by atoms with E-state index in [0.717, 1.165) is 20.5 Å². The van der Waals surface area contributed by atoms with Crippen LogP contribution in [0.4, 0.5) is 5.00 Å². The summed E-state index contributed by atoms with van der Waals surface area (Å²) < 4.78 is 30.9.